The number of non-ortho nitro benzene ring substituents is 1. The number of benzene rings is 4. The summed E-state index contributed by atoms with van der Waals surface area (Å²) in [5.74, 6) is -1.22. The van der Waals surface area contributed by atoms with Gasteiger partial charge in [0.1, 0.15) is 36.8 Å². The molecule has 0 bridgehead atoms. The minimum Gasteiger partial charge on any atom is -0.506 e. The molecular weight excluding hydrogens is 722 g/mol. The first-order chi connectivity index (χ1) is 22.1. The lowest BCUT2D eigenvalue weighted by atomic mass is 10.1. The van der Waals surface area contributed by atoms with Crippen LogP contribution in [0.2, 0.25) is 0 Å². The number of ether oxygens (including phenoxy) is 1. The molecule has 4 rings (SSSR count). The molecule has 0 aromatic heterocycles. The lowest BCUT2D eigenvalue weighted by molar-refractivity contribution is -0.385. The number of sulfonamides is 2. The topological polar surface area (TPSA) is 249 Å². The summed E-state index contributed by atoms with van der Waals surface area (Å²) < 4.78 is 123. The van der Waals surface area contributed by atoms with Gasteiger partial charge in [-0.2, -0.15) is 8.42 Å². The van der Waals surface area contributed by atoms with E-state index in [2.05, 4.69) is 15.0 Å². The van der Waals surface area contributed by atoms with E-state index in [0.717, 1.165) is 60.1 Å². The van der Waals surface area contributed by atoms with Crippen LogP contribution in [0, 0.1) is 10.1 Å². The third-order valence-electron chi connectivity index (χ3n) is 6.61. The number of azo groups is 1. The van der Waals surface area contributed by atoms with Gasteiger partial charge in [0.2, 0.25) is 10.0 Å². The van der Waals surface area contributed by atoms with Crippen LogP contribution in [-0.4, -0.2) is 75.5 Å². The maximum atomic E-state index is 13.8. The standard InChI is InChI=1S/C26H24FN5O12S4/c1-31(2)48(42,43)24-14-20(29-28-18-10-8-15(32(34)35)12-22(18)45(4,36)37)25-17(26(24)33)6-5-7-19(25)30-47(40,41)23-13-16(46(27,38)39)9-11-21(23)44-3/h5-14,30,33H,1-4H3. The van der Waals surface area contributed by atoms with Crippen LogP contribution in [-0.2, 0) is 40.1 Å². The van der Waals surface area contributed by atoms with Crippen molar-refractivity contribution in [3.8, 4) is 11.5 Å². The molecule has 0 aliphatic heterocycles. The summed E-state index contributed by atoms with van der Waals surface area (Å²) in [4.78, 5) is 7.28. The number of phenols is 1. The number of rotatable bonds is 11. The van der Waals surface area contributed by atoms with Crippen molar-refractivity contribution >= 4 is 73.6 Å². The molecular formula is C26H24FN5O12S4. The summed E-state index contributed by atoms with van der Waals surface area (Å²) in [5.41, 5.74) is -1.81. The van der Waals surface area contributed by atoms with Gasteiger partial charge in [0.25, 0.3) is 15.7 Å². The number of sulfone groups is 1. The van der Waals surface area contributed by atoms with E-state index in [1.807, 2.05) is 0 Å². The maximum Gasteiger partial charge on any atom is 0.332 e. The number of hydrogen-bond donors (Lipinski definition) is 2. The predicted octanol–water partition coefficient (Wildman–Crippen LogP) is 3.99. The quantitative estimate of drug-likeness (QED) is 0.0957. The normalized spacial score (nSPS) is 12.9. The number of halogens is 1. The molecule has 0 aliphatic carbocycles. The van der Waals surface area contributed by atoms with Crippen LogP contribution < -0.4 is 9.46 Å². The van der Waals surface area contributed by atoms with Gasteiger partial charge >= 0.3 is 10.2 Å². The number of nitrogens with zero attached hydrogens (tertiary/aromatic N) is 4. The average Bonchev–Trinajstić information content (AvgIpc) is 2.99. The fraction of sp³-hybridized carbons (Fsp3) is 0.154. The van der Waals surface area contributed by atoms with Crippen LogP contribution in [0.25, 0.3) is 10.8 Å². The first kappa shape index (κ1) is 36.1. The average molecular weight is 746 g/mol. The molecule has 0 aliphatic rings. The summed E-state index contributed by atoms with van der Waals surface area (Å²) in [7, 11) is -15.4. The van der Waals surface area contributed by atoms with Gasteiger partial charge in [-0.1, -0.05) is 12.1 Å². The maximum absolute atomic E-state index is 13.8. The Morgan fingerprint density at radius 1 is 0.875 bits per heavy atom. The second kappa shape index (κ2) is 12.7. The molecule has 4 aromatic rings. The summed E-state index contributed by atoms with van der Waals surface area (Å²) in [6.45, 7) is 0. The van der Waals surface area contributed by atoms with Crippen molar-refractivity contribution < 1.29 is 52.3 Å². The Hall–Kier alpha value is -4.77. The molecule has 0 radical (unpaired) electrons. The third-order valence-corrected chi connectivity index (χ3v) is 11.8. The molecule has 256 valence electrons. The fourth-order valence-corrected chi connectivity index (χ4v) is 7.97. The molecule has 0 heterocycles. The number of anilines is 1. The van der Waals surface area contributed by atoms with Crippen molar-refractivity contribution in [1.82, 2.24) is 4.31 Å². The molecule has 0 saturated heterocycles. The van der Waals surface area contributed by atoms with Crippen molar-refractivity contribution in [2.45, 2.75) is 19.6 Å². The van der Waals surface area contributed by atoms with Crippen LogP contribution in [0.3, 0.4) is 0 Å². The summed E-state index contributed by atoms with van der Waals surface area (Å²) >= 11 is 0. The molecule has 17 nitrogen and oxygen atoms in total. The van der Waals surface area contributed by atoms with E-state index >= 15 is 0 Å². The number of nitrogens with one attached hydrogen (secondary N) is 1. The molecule has 0 unspecified atom stereocenters. The number of fused-ring (bicyclic) bond motifs is 1. The Balaban J connectivity index is 2.04. The molecule has 48 heavy (non-hydrogen) atoms. The molecule has 0 atom stereocenters. The molecule has 0 fully saturated rings. The molecule has 22 heteroatoms. The monoisotopic (exact) mass is 745 g/mol. The van der Waals surface area contributed by atoms with E-state index < -0.39 is 87.4 Å². The summed E-state index contributed by atoms with van der Waals surface area (Å²) in [6, 6.07) is 9.26. The highest BCUT2D eigenvalue weighted by molar-refractivity contribution is 7.93. The van der Waals surface area contributed by atoms with Gasteiger partial charge in [0.05, 0.1) is 23.4 Å². The highest BCUT2D eigenvalue weighted by atomic mass is 32.3. The van der Waals surface area contributed by atoms with Crippen LogP contribution in [0.4, 0.5) is 26.6 Å². The Labute approximate surface area is 273 Å². The molecule has 0 spiro atoms. The third kappa shape index (κ3) is 7.06. The highest BCUT2D eigenvalue weighted by Crippen LogP contribution is 2.44. The van der Waals surface area contributed by atoms with Crippen molar-refractivity contribution in [2.24, 2.45) is 10.2 Å². The number of aromatic hydroxyl groups is 1. The molecule has 0 saturated carbocycles. The predicted molar refractivity (Wildman–Crippen MR) is 169 cm³/mol. The minimum absolute atomic E-state index is 0.281. The summed E-state index contributed by atoms with van der Waals surface area (Å²) in [6.07, 6.45) is 0.757. The smallest absolute Gasteiger partial charge is 0.332 e. The zero-order chi connectivity index (χ0) is 36.0. The van der Waals surface area contributed by atoms with Crippen LogP contribution >= 0.6 is 0 Å². The molecule has 0 amide bonds. The zero-order valence-electron chi connectivity index (χ0n) is 25.0. The SMILES string of the molecule is COc1ccc(S(=O)(=O)F)cc1S(=O)(=O)Nc1cccc2c(O)c(S(=O)(=O)N(C)C)cc(N=Nc3ccc([N+](=O)[O-])cc3S(C)(=O)=O)c12. The first-order valence-corrected chi connectivity index (χ1v) is 19.1. The number of hydrogen-bond acceptors (Lipinski definition) is 14. The van der Waals surface area contributed by atoms with Gasteiger partial charge in [-0.3, -0.25) is 14.8 Å². The van der Waals surface area contributed by atoms with E-state index in [1.165, 1.54) is 26.2 Å². The van der Waals surface area contributed by atoms with Crippen molar-refractivity contribution in [2.75, 3.05) is 32.2 Å². The fourth-order valence-electron chi connectivity index (χ4n) is 4.30. The van der Waals surface area contributed by atoms with Crippen molar-refractivity contribution in [3.63, 3.8) is 0 Å². The van der Waals surface area contributed by atoms with Gasteiger partial charge in [-0.05, 0) is 36.4 Å². The Morgan fingerprint density at radius 3 is 2.08 bits per heavy atom. The first-order valence-electron chi connectivity index (χ1n) is 12.9. The Bertz CT molecular complexity index is 2470. The van der Waals surface area contributed by atoms with Gasteiger partial charge < -0.3 is 9.84 Å². The van der Waals surface area contributed by atoms with E-state index in [0.29, 0.717) is 6.07 Å². The van der Waals surface area contributed by atoms with Crippen LogP contribution in [0.5, 0.6) is 11.5 Å². The van der Waals surface area contributed by atoms with E-state index in [9.17, 15) is 52.8 Å². The number of methoxy groups -OCH3 is 1. The second-order valence-corrected chi connectivity index (χ2v) is 17.1. The van der Waals surface area contributed by atoms with Gasteiger partial charge in [0.15, 0.2) is 9.84 Å². The van der Waals surface area contributed by atoms with Crippen molar-refractivity contribution in [3.05, 3.63) is 70.8 Å². The van der Waals surface area contributed by atoms with Crippen LogP contribution in [0.15, 0.2) is 90.5 Å². The van der Waals surface area contributed by atoms with Crippen LogP contribution in [0.1, 0.15) is 0 Å². The Morgan fingerprint density at radius 2 is 1.52 bits per heavy atom. The van der Waals surface area contributed by atoms with E-state index in [-0.39, 0.29) is 22.2 Å². The zero-order valence-corrected chi connectivity index (χ0v) is 28.3. The van der Waals surface area contributed by atoms with Crippen molar-refractivity contribution in [1.29, 1.82) is 0 Å². The highest BCUT2D eigenvalue weighted by Gasteiger charge is 2.29. The van der Waals surface area contributed by atoms with Gasteiger partial charge in [0, 0.05) is 43.3 Å². The van der Waals surface area contributed by atoms with E-state index in [1.54, 1.807) is 0 Å². The second-order valence-electron chi connectivity index (χ2n) is 10.00. The lowest BCUT2D eigenvalue weighted by Crippen LogP contribution is -2.22. The lowest BCUT2D eigenvalue weighted by Gasteiger charge is -2.18. The van der Waals surface area contributed by atoms with E-state index in [4.69, 9.17) is 4.74 Å². The molecule has 4 aromatic carbocycles. The number of phenolic OH excluding ortho intramolecular Hbond substituents is 1. The van der Waals surface area contributed by atoms with Gasteiger partial charge in [-0.25, -0.2) is 29.6 Å². The Kier molecular flexibility index (Phi) is 9.53. The summed E-state index contributed by atoms with van der Waals surface area (Å²) in [5, 5.41) is 29.6. The number of nitro benzene ring substituents is 1. The molecule has 2 N–H and O–H groups in total. The largest absolute Gasteiger partial charge is 0.506 e. The van der Waals surface area contributed by atoms with Gasteiger partial charge in [-0.15, -0.1) is 14.1 Å². The number of nitro groups is 1. The minimum atomic E-state index is -5.36.